The van der Waals surface area contributed by atoms with Gasteiger partial charge in [-0.05, 0) is 36.8 Å². The predicted molar refractivity (Wildman–Crippen MR) is 131 cm³/mol. The highest BCUT2D eigenvalue weighted by molar-refractivity contribution is 5.55. The topological polar surface area (TPSA) is 25.8 Å². The van der Waals surface area contributed by atoms with Crippen LogP contribution in [-0.4, -0.2) is 9.97 Å². The van der Waals surface area contributed by atoms with Gasteiger partial charge in [0.1, 0.15) is 0 Å². The van der Waals surface area contributed by atoms with Crippen LogP contribution >= 0.6 is 0 Å². The molecule has 0 unspecified atom stereocenters. The molecule has 0 radical (unpaired) electrons. The van der Waals surface area contributed by atoms with E-state index < -0.39 is 0 Å². The molecule has 30 heavy (non-hydrogen) atoms. The van der Waals surface area contributed by atoms with Gasteiger partial charge < -0.3 is 0 Å². The summed E-state index contributed by atoms with van der Waals surface area (Å²) < 4.78 is 0. The number of rotatable bonds is 17. The zero-order chi connectivity index (χ0) is 21.3. The second-order valence-electron chi connectivity index (χ2n) is 8.85. The van der Waals surface area contributed by atoms with Crippen molar-refractivity contribution in [1.29, 1.82) is 0 Å². The molecule has 166 valence electrons. The normalized spacial score (nSPS) is 11.1. The molecule has 2 aromatic rings. The van der Waals surface area contributed by atoms with E-state index in [2.05, 4.69) is 48.1 Å². The van der Waals surface area contributed by atoms with E-state index in [0.717, 1.165) is 17.8 Å². The number of aryl methyl sites for hydroxylation is 2. The first-order valence-electron chi connectivity index (χ1n) is 12.7. The van der Waals surface area contributed by atoms with Crippen LogP contribution in [-0.2, 0) is 12.8 Å². The van der Waals surface area contributed by atoms with Crippen molar-refractivity contribution in [2.45, 2.75) is 117 Å². The van der Waals surface area contributed by atoms with E-state index in [4.69, 9.17) is 0 Å². The van der Waals surface area contributed by atoms with Crippen molar-refractivity contribution in [3.05, 3.63) is 47.8 Å². The van der Waals surface area contributed by atoms with Gasteiger partial charge in [0, 0.05) is 18.0 Å². The maximum absolute atomic E-state index is 4.62. The summed E-state index contributed by atoms with van der Waals surface area (Å²) in [6.07, 6.45) is 25.4. The number of benzene rings is 1. The lowest BCUT2D eigenvalue weighted by Gasteiger charge is -2.05. The average molecular weight is 409 g/mol. The van der Waals surface area contributed by atoms with Crippen LogP contribution in [0, 0.1) is 0 Å². The Kier molecular flexibility index (Phi) is 13.1. The molecule has 0 aliphatic rings. The summed E-state index contributed by atoms with van der Waals surface area (Å²) in [5.41, 5.74) is 3.82. The lowest BCUT2D eigenvalue weighted by molar-refractivity contribution is 0.556. The molecule has 0 N–H and O–H groups in total. The highest BCUT2D eigenvalue weighted by Gasteiger charge is 2.03. The molecule has 0 saturated carbocycles. The van der Waals surface area contributed by atoms with Crippen molar-refractivity contribution in [3.63, 3.8) is 0 Å². The fourth-order valence-electron chi connectivity index (χ4n) is 4.03. The van der Waals surface area contributed by atoms with Crippen molar-refractivity contribution in [2.75, 3.05) is 0 Å². The smallest absolute Gasteiger partial charge is 0.159 e. The minimum Gasteiger partial charge on any atom is -0.236 e. The summed E-state index contributed by atoms with van der Waals surface area (Å²) in [7, 11) is 0. The summed E-state index contributed by atoms with van der Waals surface area (Å²) in [5, 5.41) is 0. The number of unbranched alkanes of at least 4 members (excludes halogenated alkanes) is 12. The Morgan fingerprint density at radius 3 is 1.47 bits per heavy atom. The maximum atomic E-state index is 4.62. The van der Waals surface area contributed by atoms with Gasteiger partial charge in [-0.25, -0.2) is 9.97 Å². The summed E-state index contributed by atoms with van der Waals surface area (Å²) in [4.78, 5) is 9.24. The van der Waals surface area contributed by atoms with Crippen LogP contribution in [0.15, 0.2) is 36.7 Å². The van der Waals surface area contributed by atoms with Crippen molar-refractivity contribution in [2.24, 2.45) is 0 Å². The molecule has 0 saturated heterocycles. The maximum Gasteiger partial charge on any atom is 0.159 e. The van der Waals surface area contributed by atoms with E-state index in [1.165, 1.54) is 107 Å². The predicted octanol–water partition coefficient (Wildman–Crippen LogP) is 8.73. The SMILES string of the molecule is CCCCCCCCCCCCc1cnc(-c2ccc(CCCCCC)cc2)nc1. The molecule has 0 atom stereocenters. The second kappa shape index (κ2) is 16.1. The standard InChI is InChI=1S/C28H44N2/c1-3-5-7-9-10-11-12-13-14-16-18-26-23-29-28(30-24-26)27-21-19-25(20-22-27)17-15-8-6-4-2/h19-24H,3-18H2,1-2H3. The largest absolute Gasteiger partial charge is 0.236 e. The van der Waals surface area contributed by atoms with E-state index >= 15 is 0 Å². The van der Waals surface area contributed by atoms with Crippen molar-refractivity contribution in [3.8, 4) is 11.4 Å². The summed E-state index contributed by atoms with van der Waals surface area (Å²) in [6, 6.07) is 8.82. The summed E-state index contributed by atoms with van der Waals surface area (Å²) in [6.45, 7) is 4.54. The van der Waals surface area contributed by atoms with Gasteiger partial charge in [-0.1, -0.05) is 115 Å². The fraction of sp³-hybridized carbons (Fsp3) is 0.643. The molecule has 1 heterocycles. The summed E-state index contributed by atoms with van der Waals surface area (Å²) >= 11 is 0. The van der Waals surface area contributed by atoms with Gasteiger partial charge in [0.2, 0.25) is 0 Å². The zero-order valence-corrected chi connectivity index (χ0v) is 19.7. The Hall–Kier alpha value is -1.70. The Labute approximate surface area is 185 Å². The highest BCUT2D eigenvalue weighted by atomic mass is 14.9. The Morgan fingerprint density at radius 1 is 0.500 bits per heavy atom. The van der Waals surface area contributed by atoms with Crippen LogP contribution in [0.4, 0.5) is 0 Å². The van der Waals surface area contributed by atoms with Gasteiger partial charge in [-0.3, -0.25) is 0 Å². The number of hydrogen-bond acceptors (Lipinski definition) is 2. The van der Waals surface area contributed by atoms with Crippen LogP contribution < -0.4 is 0 Å². The molecule has 1 aromatic heterocycles. The first-order valence-corrected chi connectivity index (χ1v) is 12.7. The van der Waals surface area contributed by atoms with E-state index in [9.17, 15) is 0 Å². The Balaban J connectivity index is 1.61. The van der Waals surface area contributed by atoms with E-state index in [1.54, 1.807) is 0 Å². The van der Waals surface area contributed by atoms with Crippen LogP contribution in [0.5, 0.6) is 0 Å². The van der Waals surface area contributed by atoms with Crippen molar-refractivity contribution < 1.29 is 0 Å². The lowest BCUT2D eigenvalue weighted by atomic mass is 10.0. The average Bonchev–Trinajstić information content (AvgIpc) is 2.79. The van der Waals surface area contributed by atoms with E-state index in [0.29, 0.717) is 0 Å². The van der Waals surface area contributed by atoms with Gasteiger partial charge >= 0.3 is 0 Å². The molecule has 0 aliphatic carbocycles. The molecule has 0 aliphatic heterocycles. The van der Waals surface area contributed by atoms with E-state index in [-0.39, 0.29) is 0 Å². The van der Waals surface area contributed by atoms with Crippen LogP contribution in [0.25, 0.3) is 11.4 Å². The second-order valence-corrected chi connectivity index (χ2v) is 8.85. The first-order chi connectivity index (χ1) is 14.8. The highest BCUT2D eigenvalue weighted by Crippen LogP contribution is 2.18. The molecule has 0 amide bonds. The number of aromatic nitrogens is 2. The minimum absolute atomic E-state index is 0.847. The monoisotopic (exact) mass is 408 g/mol. The molecule has 0 spiro atoms. The van der Waals surface area contributed by atoms with Gasteiger partial charge in [0.15, 0.2) is 5.82 Å². The number of nitrogens with zero attached hydrogens (tertiary/aromatic N) is 2. The van der Waals surface area contributed by atoms with Gasteiger partial charge in [-0.15, -0.1) is 0 Å². The van der Waals surface area contributed by atoms with Crippen LogP contribution in [0.3, 0.4) is 0 Å². The fourth-order valence-corrected chi connectivity index (χ4v) is 4.03. The quantitative estimate of drug-likeness (QED) is 0.244. The molecular formula is C28H44N2. The third-order valence-electron chi connectivity index (χ3n) is 6.06. The zero-order valence-electron chi connectivity index (χ0n) is 19.7. The molecule has 0 fully saturated rings. The molecule has 2 heteroatoms. The molecule has 2 rings (SSSR count). The lowest BCUT2D eigenvalue weighted by Crippen LogP contribution is -1.94. The van der Waals surface area contributed by atoms with Gasteiger partial charge in [0.05, 0.1) is 0 Å². The Bertz CT molecular complexity index is 645. The Morgan fingerprint density at radius 2 is 0.933 bits per heavy atom. The first kappa shape index (κ1) is 24.6. The third-order valence-corrected chi connectivity index (χ3v) is 6.06. The van der Waals surface area contributed by atoms with Crippen LogP contribution in [0.1, 0.15) is 115 Å². The van der Waals surface area contributed by atoms with Crippen molar-refractivity contribution >= 4 is 0 Å². The van der Waals surface area contributed by atoms with Crippen molar-refractivity contribution in [1.82, 2.24) is 9.97 Å². The van der Waals surface area contributed by atoms with Gasteiger partial charge in [0.25, 0.3) is 0 Å². The van der Waals surface area contributed by atoms with Crippen LogP contribution in [0.2, 0.25) is 0 Å². The van der Waals surface area contributed by atoms with E-state index in [1.807, 2.05) is 12.4 Å². The molecule has 2 nitrogen and oxygen atoms in total. The number of hydrogen-bond donors (Lipinski definition) is 0. The molecule has 1 aromatic carbocycles. The molecule has 0 bridgehead atoms. The molecular weight excluding hydrogens is 364 g/mol. The minimum atomic E-state index is 0.847. The van der Waals surface area contributed by atoms with Gasteiger partial charge in [-0.2, -0.15) is 0 Å². The third kappa shape index (κ3) is 10.4. The summed E-state index contributed by atoms with van der Waals surface area (Å²) in [5.74, 6) is 0.847.